The summed E-state index contributed by atoms with van der Waals surface area (Å²) in [5, 5.41) is 9.73. The van der Waals surface area contributed by atoms with Gasteiger partial charge in [0, 0.05) is 6.04 Å². The first-order valence-corrected chi connectivity index (χ1v) is 2.67. The third-order valence-electron chi connectivity index (χ3n) is 1.02. The van der Waals surface area contributed by atoms with E-state index in [0.29, 0.717) is 0 Å². The Morgan fingerprint density at radius 1 is 1.60 bits per heavy atom. The molecule has 0 heterocycles. The first kappa shape index (κ1) is 12.9. The van der Waals surface area contributed by atoms with E-state index < -0.39 is 12.3 Å². The number of ether oxygens (including phenoxy) is 1. The van der Waals surface area contributed by atoms with Crippen LogP contribution in [-0.4, -0.2) is 18.3 Å². The maximum absolute atomic E-state index is 9.73. The monoisotopic (exact) mass is 155 g/mol. The van der Waals surface area contributed by atoms with Crippen molar-refractivity contribution in [3.05, 3.63) is 0 Å². The van der Waals surface area contributed by atoms with Crippen LogP contribution in [0, 0.1) is 0 Å². The molecular formula is C5H10NNaO3. The Balaban J connectivity index is 0. The van der Waals surface area contributed by atoms with Crippen LogP contribution < -0.4 is 40.4 Å². The summed E-state index contributed by atoms with van der Waals surface area (Å²) in [6, 6.07) is -0.289. The Labute approximate surface area is 82.0 Å². The van der Waals surface area contributed by atoms with Gasteiger partial charge in [0.1, 0.15) is 0 Å². The second kappa shape index (κ2) is 5.97. The molecule has 0 aromatic carbocycles. The number of nitrogens with two attached hydrogens (primary N) is 1. The van der Waals surface area contributed by atoms with Crippen molar-refractivity contribution < 1.29 is 44.2 Å². The predicted molar refractivity (Wildman–Crippen MR) is 29.6 cm³/mol. The van der Waals surface area contributed by atoms with E-state index in [1.165, 1.54) is 0 Å². The van der Waals surface area contributed by atoms with Gasteiger partial charge in [-0.25, -0.2) is 0 Å². The summed E-state index contributed by atoms with van der Waals surface area (Å²) in [4.78, 5) is 9.73. The van der Waals surface area contributed by atoms with Gasteiger partial charge in [-0.15, -0.1) is 0 Å². The van der Waals surface area contributed by atoms with E-state index in [0.717, 1.165) is 0 Å². The average molecular weight is 155 g/mol. The van der Waals surface area contributed by atoms with Crippen molar-refractivity contribution in [3.63, 3.8) is 0 Å². The van der Waals surface area contributed by atoms with Gasteiger partial charge >= 0.3 is 29.6 Å². The molecule has 0 amide bonds. The zero-order valence-electron chi connectivity index (χ0n) is 6.46. The molecule has 0 aromatic heterocycles. The minimum Gasteiger partial charge on any atom is -0.545 e. The molecule has 0 aliphatic rings. The Kier molecular flexibility index (Phi) is 7.69. The molecule has 0 aliphatic carbocycles. The minimum atomic E-state index is -1.53. The fraction of sp³-hybridized carbons (Fsp3) is 0.800. The maximum Gasteiger partial charge on any atom is 1.00 e. The van der Waals surface area contributed by atoms with Crippen molar-refractivity contribution in [2.45, 2.75) is 26.0 Å². The topological polar surface area (TPSA) is 75.4 Å². The molecule has 2 N–H and O–H groups in total. The fourth-order valence-corrected chi connectivity index (χ4v) is 0.259. The maximum atomic E-state index is 9.73. The quantitative estimate of drug-likeness (QED) is 0.326. The first-order valence-electron chi connectivity index (χ1n) is 2.67. The van der Waals surface area contributed by atoms with Gasteiger partial charge in [0.25, 0.3) is 6.16 Å². The van der Waals surface area contributed by atoms with Crippen LogP contribution in [0.1, 0.15) is 13.8 Å². The zero-order valence-corrected chi connectivity index (χ0v) is 8.46. The Morgan fingerprint density at radius 2 is 2.00 bits per heavy atom. The molecule has 0 saturated carbocycles. The molecule has 2 unspecified atom stereocenters. The van der Waals surface area contributed by atoms with Crippen LogP contribution in [-0.2, 0) is 4.74 Å². The van der Waals surface area contributed by atoms with Gasteiger partial charge in [-0.3, -0.25) is 0 Å². The van der Waals surface area contributed by atoms with Crippen LogP contribution in [0.5, 0.6) is 0 Å². The number of hydrogen-bond acceptors (Lipinski definition) is 4. The van der Waals surface area contributed by atoms with Gasteiger partial charge in [0.05, 0.1) is 6.10 Å². The number of hydrogen-bond donors (Lipinski definition) is 1. The normalized spacial score (nSPS) is 14.7. The van der Waals surface area contributed by atoms with Crippen LogP contribution in [0.25, 0.3) is 0 Å². The molecule has 0 fully saturated rings. The molecule has 5 heteroatoms. The molecule has 0 spiro atoms. The van der Waals surface area contributed by atoms with E-state index in [1.807, 2.05) is 0 Å². The third-order valence-corrected chi connectivity index (χ3v) is 1.02. The number of rotatable bonds is 2. The first-order chi connectivity index (χ1) is 4.04. The molecule has 54 valence electrons. The summed E-state index contributed by atoms with van der Waals surface area (Å²) in [6.45, 7) is 3.23. The van der Waals surface area contributed by atoms with Crippen molar-refractivity contribution in [3.8, 4) is 0 Å². The van der Waals surface area contributed by atoms with E-state index in [9.17, 15) is 9.90 Å². The molecular weight excluding hydrogens is 145 g/mol. The van der Waals surface area contributed by atoms with Crippen molar-refractivity contribution in [1.29, 1.82) is 0 Å². The molecule has 0 rings (SSSR count). The molecule has 0 aliphatic heterocycles. The van der Waals surface area contributed by atoms with Gasteiger partial charge in [-0.2, -0.15) is 0 Å². The van der Waals surface area contributed by atoms with Crippen molar-refractivity contribution >= 4 is 6.16 Å². The van der Waals surface area contributed by atoms with E-state index in [-0.39, 0.29) is 35.6 Å². The van der Waals surface area contributed by atoms with E-state index in [2.05, 4.69) is 4.74 Å². The summed E-state index contributed by atoms with van der Waals surface area (Å²) in [5.74, 6) is 0. The summed E-state index contributed by atoms with van der Waals surface area (Å²) < 4.78 is 4.19. The third kappa shape index (κ3) is 6.35. The predicted octanol–water partition coefficient (Wildman–Crippen LogP) is -3.91. The van der Waals surface area contributed by atoms with Gasteiger partial charge in [0.2, 0.25) is 0 Å². The van der Waals surface area contributed by atoms with Gasteiger partial charge < -0.3 is 20.4 Å². The number of carbonyl (C=O) groups excluding carboxylic acids is 1. The molecule has 0 radical (unpaired) electrons. The van der Waals surface area contributed by atoms with Gasteiger partial charge in [0.15, 0.2) is 0 Å². The van der Waals surface area contributed by atoms with Crippen molar-refractivity contribution in [1.82, 2.24) is 0 Å². The van der Waals surface area contributed by atoms with E-state index in [1.54, 1.807) is 13.8 Å². The molecule has 0 bridgehead atoms. The average Bonchev–Trinajstić information content (AvgIpc) is 1.63. The fourth-order valence-electron chi connectivity index (χ4n) is 0.259. The van der Waals surface area contributed by atoms with E-state index in [4.69, 9.17) is 5.73 Å². The van der Waals surface area contributed by atoms with Crippen LogP contribution in [0.3, 0.4) is 0 Å². The molecule has 10 heavy (non-hydrogen) atoms. The second-order valence-corrected chi connectivity index (χ2v) is 1.93. The Bertz CT molecular complexity index is 107. The standard InChI is InChI=1S/C5H11NO3.Na/c1-3(6)4(2)9-5(7)8;/h3-4H,6H2,1-2H3,(H,7,8);/q;+1/p-1. The molecule has 0 aromatic rings. The van der Waals surface area contributed by atoms with Crippen molar-refractivity contribution in [2.75, 3.05) is 0 Å². The second-order valence-electron chi connectivity index (χ2n) is 1.93. The van der Waals surface area contributed by atoms with Crippen LogP contribution in [0.2, 0.25) is 0 Å². The minimum absolute atomic E-state index is 0. The van der Waals surface area contributed by atoms with Crippen LogP contribution >= 0.6 is 0 Å². The SMILES string of the molecule is CC(N)C(C)OC(=O)[O-].[Na+]. The summed E-state index contributed by atoms with van der Waals surface area (Å²) in [6.07, 6.45) is -2.02. The molecule has 0 saturated heterocycles. The number of carboxylic acid groups (broad SMARTS) is 1. The Hall–Kier alpha value is 0.230. The molecule has 4 nitrogen and oxygen atoms in total. The zero-order chi connectivity index (χ0) is 7.44. The Morgan fingerprint density at radius 3 is 2.10 bits per heavy atom. The summed E-state index contributed by atoms with van der Waals surface area (Å²) >= 11 is 0. The molecule has 2 atom stereocenters. The smallest absolute Gasteiger partial charge is 0.545 e. The van der Waals surface area contributed by atoms with Crippen LogP contribution in [0.15, 0.2) is 0 Å². The van der Waals surface area contributed by atoms with Gasteiger partial charge in [-0.05, 0) is 13.8 Å². The van der Waals surface area contributed by atoms with Crippen molar-refractivity contribution in [2.24, 2.45) is 5.73 Å². The van der Waals surface area contributed by atoms with Crippen LogP contribution in [0.4, 0.5) is 4.79 Å². The summed E-state index contributed by atoms with van der Waals surface area (Å²) in [7, 11) is 0. The number of carbonyl (C=O) groups is 1. The van der Waals surface area contributed by atoms with Gasteiger partial charge in [-0.1, -0.05) is 0 Å². The summed E-state index contributed by atoms with van der Waals surface area (Å²) in [5.41, 5.74) is 5.27. The van der Waals surface area contributed by atoms with E-state index >= 15 is 0 Å². The largest absolute Gasteiger partial charge is 1.00 e.